The predicted molar refractivity (Wildman–Crippen MR) is 110 cm³/mol. The minimum atomic E-state index is -5.98. The molecule has 3 heterocycles. The molecule has 190 valence electrons. The van der Waals surface area contributed by atoms with Gasteiger partial charge in [-0.25, -0.2) is 0 Å². The van der Waals surface area contributed by atoms with Crippen molar-refractivity contribution in [3.05, 3.63) is 77.2 Å². The summed E-state index contributed by atoms with van der Waals surface area (Å²) in [7, 11) is -5.98. The van der Waals surface area contributed by atoms with Gasteiger partial charge in [0, 0.05) is 11.3 Å². The Kier molecular flexibility index (Phi) is 5.11. The van der Waals surface area contributed by atoms with Crippen LogP contribution in [0.2, 0.25) is 0 Å². The predicted octanol–water partition coefficient (Wildman–Crippen LogP) is 4.75. The van der Waals surface area contributed by atoms with E-state index in [9.17, 15) is 39.6 Å². The van der Waals surface area contributed by atoms with Crippen LogP contribution in [-0.2, 0) is 33.0 Å². The molecule has 1 unspecified atom stereocenters. The molecule has 3 aromatic rings. The van der Waals surface area contributed by atoms with Crippen LogP contribution in [0.4, 0.5) is 32.0 Å². The maximum Gasteiger partial charge on any atom is 0.534 e. The zero-order valence-electron chi connectivity index (χ0n) is 17.7. The highest BCUT2D eigenvalue weighted by Crippen LogP contribution is 2.53. The van der Waals surface area contributed by atoms with Gasteiger partial charge in [0.2, 0.25) is 11.7 Å². The van der Waals surface area contributed by atoms with Crippen molar-refractivity contribution < 1.29 is 52.9 Å². The number of amides is 1. The number of fused-ring (bicyclic) bond motifs is 4. The maximum atomic E-state index is 13.8. The number of anilines is 1. The highest BCUT2D eigenvalue weighted by Gasteiger charge is 2.57. The summed E-state index contributed by atoms with van der Waals surface area (Å²) < 4.78 is 115. The molecule has 7 nitrogen and oxygen atoms in total. The lowest BCUT2D eigenvalue weighted by Gasteiger charge is -2.23. The van der Waals surface area contributed by atoms with Gasteiger partial charge in [-0.3, -0.25) is 4.79 Å². The van der Waals surface area contributed by atoms with Crippen molar-refractivity contribution in [2.75, 3.05) is 11.5 Å². The zero-order chi connectivity index (χ0) is 26.1. The van der Waals surface area contributed by atoms with Crippen LogP contribution >= 0.6 is 0 Å². The second-order valence-electron chi connectivity index (χ2n) is 8.01. The van der Waals surface area contributed by atoms with Crippen LogP contribution in [-0.4, -0.2) is 26.4 Å². The normalized spacial score (nSPS) is 19.4. The molecule has 36 heavy (non-hydrogen) atoms. The summed E-state index contributed by atoms with van der Waals surface area (Å²) in [5, 5.41) is 0. The standard InChI is InChI=1S/C22H13F6NO6S/c23-21(24,25)18-8-6-13(34-18)10-29-16-4-2-1-3-14(16)20(19(29)30)11-33-17-7-5-12(9-15(17)20)35-36(31,32)22(26,27)28/h1-9H,10-11H2. The van der Waals surface area contributed by atoms with E-state index in [-0.39, 0.29) is 30.2 Å². The van der Waals surface area contributed by atoms with Crippen molar-refractivity contribution in [2.45, 2.75) is 23.6 Å². The van der Waals surface area contributed by atoms with Gasteiger partial charge in [-0.15, -0.1) is 0 Å². The van der Waals surface area contributed by atoms with Crippen molar-refractivity contribution in [2.24, 2.45) is 0 Å². The minimum Gasteiger partial charge on any atom is -0.491 e. The second kappa shape index (κ2) is 7.66. The topological polar surface area (TPSA) is 86.1 Å². The van der Waals surface area contributed by atoms with E-state index in [4.69, 9.17) is 9.15 Å². The molecule has 0 aliphatic carbocycles. The van der Waals surface area contributed by atoms with Crippen molar-refractivity contribution in [3.8, 4) is 11.5 Å². The van der Waals surface area contributed by atoms with Gasteiger partial charge in [0.15, 0.2) is 0 Å². The molecule has 0 saturated carbocycles. The molecule has 0 radical (unpaired) electrons. The van der Waals surface area contributed by atoms with Crippen LogP contribution in [0.15, 0.2) is 59.0 Å². The molecule has 1 spiro atoms. The summed E-state index contributed by atoms with van der Waals surface area (Å²) in [5.74, 6) is -2.64. The van der Waals surface area contributed by atoms with Gasteiger partial charge in [-0.1, -0.05) is 18.2 Å². The first kappa shape index (κ1) is 24.0. The third-order valence-electron chi connectivity index (χ3n) is 5.86. The van der Waals surface area contributed by atoms with Crippen LogP contribution < -0.4 is 13.8 Å². The Bertz CT molecular complexity index is 1480. The number of hydrogen-bond donors (Lipinski definition) is 0. The first-order chi connectivity index (χ1) is 16.7. The van der Waals surface area contributed by atoms with Gasteiger partial charge in [0.1, 0.15) is 29.3 Å². The number of carbonyl (C=O) groups is 1. The molecule has 2 aliphatic heterocycles. The van der Waals surface area contributed by atoms with E-state index in [1.54, 1.807) is 24.3 Å². The van der Waals surface area contributed by atoms with Gasteiger partial charge in [-0.05, 0) is 42.0 Å². The summed E-state index contributed by atoms with van der Waals surface area (Å²) in [6, 6.07) is 11.2. The molecule has 0 fully saturated rings. The molecular formula is C22H13F6NO6S. The maximum absolute atomic E-state index is 13.8. The first-order valence-electron chi connectivity index (χ1n) is 10.1. The van der Waals surface area contributed by atoms with E-state index in [0.29, 0.717) is 11.3 Å². The fraction of sp³-hybridized carbons (Fsp3) is 0.227. The first-order valence-corrected chi connectivity index (χ1v) is 11.5. The number of benzene rings is 2. The quantitative estimate of drug-likeness (QED) is 0.273. The molecule has 1 amide bonds. The molecule has 0 N–H and O–H groups in total. The number of para-hydroxylation sites is 1. The number of alkyl halides is 6. The molecule has 2 aliphatic rings. The van der Waals surface area contributed by atoms with Crippen molar-refractivity contribution in [3.63, 3.8) is 0 Å². The smallest absolute Gasteiger partial charge is 0.491 e. The zero-order valence-corrected chi connectivity index (χ0v) is 18.5. The van der Waals surface area contributed by atoms with Gasteiger partial charge in [0.25, 0.3) is 0 Å². The second-order valence-corrected chi connectivity index (χ2v) is 9.55. The number of hydrogen-bond acceptors (Lipinski definition) is 6. The molecular weight excluding hydrogens is 520 g/mol. The summed E-state index contributed by atoms with van der Waals surface area (Å²) in [6.45, 7) is -0.655. The van der Waals surface area contributed by atoms with Crippen LogP contribution in [0.3, 0.4) is 0 Å². The Hall–Kier alpha value is -3.68. The van der Waals surface area contributed by atoms with Gasteiger partial charge in [-0.2, -0.15) is 34.8 Å². The van der Waals surface area contributed by atoms with Crippen LogP contribution in [0.1, 0.15) is 22.6 Å². The van der Waals surface area contributed by atoms with E-state index in [1.165, 1.54) is 11.0 Å². The van der Waals surface area contributed by atoms with E-state index in [1.807, 2.05) is 0 Å². The van der Waals surface area contributed by atoms with Crippen LogP contribution in [0.5, 0.6) is 11.5 Å². The lowest BCUT2D eigenvalue weighted by Crippen LogP contribution is -2.42. The lowest BCUT2D eigenvalue weighted by atomic mass is 9.77. The van der Waals surface area contributed by atoms with E-state index in [0.717, 1.165) is 24.3 Å². The average molecular weight is 533 g/mol. The molecule has 0 bridgehead atoms. The lowest BCUT2D eigenvalue weighted by molar-refractivity contribution is -0.153. The van der Waals surface area contributed by atoms with Crippen molar-refractivity contribution in [1.29, 1.82) is 0 Å². The molecule has 5 rings (SSSR count). The highest BCUT2D eigenvalue weighted by molar-refractivity contribution is 7.88. The Morgan fingerprint density at radius 3 is 2.36 bits per heavy atom. The minimum absolute atomic E-state index is 0.0488. The SMILES string of the molecule is O=C1N(Cc2ccc(C(F)(F)F)o2)c2ccccc2C12COc1ccc(OS(=O)(=O)C(F)(F)F)cc12. The van der Waals surface area contributed by atoms with Crippen LogP contribution in [0, 0.1) is 0 Å². The average Bonchev–Trinajstić information content (AvgIpc) is 3.46. The fourth-order valence-corrected chi connectivity index (χ4v) is 4.76. The third kappa shape index (κ3) is 3.58. The number of ether oxygens (including phenoxy) is 1. The molecule has 2 aromatic carbocycles. The number of carbonyl (C=O) groups excluding carboxylic acids is 1. The molecule has 0 saturated heterocycles. The number of rotatable bonds is 4. The summed E-state index contributed by atoms with van der Waals surface area (Å²) >= 11 is 0. The summed E-state index contributed by atoms with van der Waals surface area (Å²) in [4.78, 5) is 14.9. The molecule has 1 atom stereocenters. The van der Waals surface area contributed by atoms with Crippen molar-refractivity contribution in [1.82, 2.24) is 0 Å². The highest BCUT2D eigenvalue weighted by atomic mass is 32.2. The number of furan rings is 1. The van der Waals surface area contributed by atoms with Gasteiger partial charge < -0.3 is 18.2 Å². The molecule has 14 heteroatoms. The Morgan fingerprint density at radius 1 is 0.972 bits per heavy atom. The monoisotopic (exact) mass is 533 g/mol. The number of nitrogens with zero attached hydrogens (tertiary/aromatic N) is 1. The summed E-state index contributed by atoms with van der Waals surface area (Å²) in [5.41, 5.74) is -6.55. The number of halogens is 6. The van der Waals surface area contributed by atoms with E-state index in [2.05, 4.69) is 4.18 Å². The van der Waals surface area contributed by atoms with E-state index >= 15 is 0 Å². The molecule has 1 aromatic heterocycles. The van der Waals surface area contributed by atoms with Crippen molar-refractivity contribution >= 4 is 21.7 Å². The Morgan fingerprint density at radius 2 is 1.69 bits per heavy atom. The Balaban J connectivity index is 1.56. The largest absolute Gasteiger partial charge is 0.534 e. The third-order valence-corrected chi connectivity index (χ3v) is 6.84. The van der Waals surface area contributed by atoms with Gasteiger partial charge in [0.05, 0.1) is 6.54 Å². The van der Waals surface area contributed by atoms with Crippen LogP contribution in [0.25, 0.3) is 0 Å². The summed E-state index contributed by atoms with van der Waals surface area (Å²) in [6.07, 6.45) is -4.72. The van der Waals surface area contributed by atoms with Gasteiger partial charge >= 0.3 is 21.8 Å². The fourth-order valence-electron chi connectivity index (χ4n) is 4.31. The Labute approximate surface area is 198 Å². The van der Waals surface area contributed by atoms with E-state index < -0.39 is 44.6 Å².